The van der Waals surface area contributed by atoms with Gasteiger partial charge in [0.1, 0.15) is 0 Å². The maximum atomic E-state index is 13.3. The Kier molecular flexibility index (Phi) is 5.81. The highest BCUT2D eigenvalue weighted by Crippen LogP contribution is 2.18. The van der Waals surface area contributed by atoms with E-state index in [4.69, 9.17) is 9.72 Å². The lowest BCUT2D eigenvalue weighted by Crippen LogP contribution is -2.36. The van der Waals surface area contributed by atoms with Gasteiger partial charge in [-0.2, -0.15) is 0 Å². The maximum Gasteiger partial charge on any atom is 0.261 e. The van der Waals surface area contributed by atoms with E-state index < -0.39 is 0 Å². The van der Waals surface area contributed by atoms with E-state index in [-0.39, 0.29) is 11.6 Å². The summed E-state index contributed by atoms with van der Waals surface area (Å²) < 4.78 is 7.36. The van der Waals surface area contributed by atoms with Gasteiger partial charge in [0.15, 0.2) is 0 Å². The van der Waals surface area contributed by atoms with Crippen molar-refractivity contribution in [2.24, 2.45) is 4.99 Å². The summed E-state index contributed by atoms with van der Waals surface area (Å²) in [5.41, 5.74) is 2.09. The SMILES string of the molecule is C/C=C\N=CCCc1cc2c(=O)n([C@@H]3CCCOC3)cnc2c2c1=CCCC=2. The van der Waals surface area contributed by atoms with Gasteiger partial charge < -0.3 is 4.74 Å². The van der Waals surface area contributed by atoms with Gasteiger partial charge in [-0.05, 0) is 62.3 Å². The number of ether oxygens (including phenoxy) is 1. The molecule has 146 valence electrons. The van der Waals surface area contributed by atoms with Gasteiger partial charge in [0.05, 0.1) is 29.9 Å². The molecule has 5 nitrogen and oxygen atoms in total. The minimum absolute atomic E-state index is 0.0473. The zero-order valence-corrected chi connectivity index (χ0v) is 16.4. The summed E-state index contributed by atoms with van der Waals surface area (Å²) in [4.78, 5) is 22.3. The third-order valence-corrected chi connectivity index (χ3v) is 5.52. The molecule has 2 aliphatic rings. The highest BCUT2D eigenvalue weighted by molar-refractivity contribution is 5.80. The lowest BCUT2D eigenvalue weighted by atomic mass is 9.97. The first kappa shape index (κ1) is 18.8. The summed E-state index contributed by atoms with van der Waals surface area (Å²) >= 11 is 0. The van der Waals surface area contributed by atoms with Crippen molar-refractivity contribution in [2.75, 3.05) is 13.2 Å². The van der Waals surface area contributed by atoms with Crippen molar-refractivity contribution in [3.63, 3.8) is 0 Å². The number of nitrogens with zero attached hydrogens (tertiary/aromatic N) is 3. The van der Waals surface area contributed by atoms with E-state index in [1.165, 1.54) is 10.8 Å². The van der Waals surface area contributed by atoms with Gasteiger partial charge in [-0.1, -0.05) is 18.2 Å². The second-order valence-corrected chi connectivity index (χ2v) is 7.43. The molecule has 1 aliphatic carbocycles. The normalized spacial score (nSPS) is 19.7. The smallest absolute Gasteiger partial charge is 0.261 e. The molecule has 28 heavy (non-hydrogen) atoms. The van der Waals surface area contributed by atoms with Crippen LogP contribution in [-0.2, 0) is 11.2 Å². The summed E-state index contributed by atoms with van der Waals surface area (Å²) in [6.07, 6.45) is 17.6. The van der Waals surface area contributed by atoms with Gasteiger partial charge in [0.2, 0.25) is 0 Å². The molecule has 0 N–H and O–H groups in total. The molecule has 0 amide bonds. The zero-order chi connectivity index (χ0) is 19.3. The second kappa shape index (κ2) is 8.65. The molecule has 0 spiro atoms. The topological polar surface area (TPSA) is 56.5 Å². The molecular weight excluding hydrogens is 350 g/mol. The highest BCUT2D eigenvalue weighted by atomic mass is 16.5. The Morgan fingerprint density at radius 2 is 2.18 bits per heavy atom. The van der Waals surface area contributed by atoms with Crippen LogP contribution in [0.2, 0.25) is 0 Å². The minimum atomic E-state index is 0.0473. The molecule has 2 aromatic rings. The average molecular weight is 377 g/mol. The molecule has 0 radical (unpaired) electrons. The number of aliphatic imine (C=N–C) groups is 1. The monoisotopic (exact) mass is 377 g/mol. The molecule has 0 bridgehead atoms. The first-order valence-electron chi connectivity index (χ1n) is 10.2. The Labute approximate surface area is 164 Å². The highest BCUT2D eigenvalue weighted by Gasteiger charge is 2.19. The Morgan fingerprint density at radius 1 is 1.32 bits per heavy atom. The zero-order valence-electron chi connectivity index (χ0n) is 16.4. The maximum absolute atomic E-state index is 13.3. The number of fused-ring (bicyclic) bond motifs is 3. The van der Waals surface area contributed by atoms with Gasteiger partial charge in [-0.15, -0.1) is 0 Å². The van der Waals surface area contributed by atoms with Crippen LogP contribution in [0.15, 0.2) is 34.5 Å². The van der Waals surface area contributed by atoms with Gasteiger partial charge in [0, 0.05) is 24.2 Å². The van der Waals surface area contributed by atoms with E-state index in [9.17, 15) is 4.79 Å². The van der Waals surface area contributed by atoms with Crippen molar-refractivity contribution >= 4 is 29.3 Å². The predicted octanol–water partition coefficient (Wildman–Crippen LogP) is 2.64. The number of hydrogen-bond acceptors (Lipinski definition) is 4. The summed E-state index contributed by atoms with van der Waals surface area (Å²) in [7, 11) is 0. The van der Waals surface area contributed by atoms with Crippen molar-refractivity contribution in [1.29, 1.82) is 0 Å². The molecule has 0 unspecified atom stereocenters. The van der Waals surface area contributed by atoms with Crippen molar-refractivity contribution in [3.8, 4) is 0 Å². The summed E-state index contributed by atoms with van der Waals surface area (Å²) in [5.74, 6) is 0. The van der Waals surface area contributed by atoms with Gasteiger partial charge in [-0.25, -0.2) is 4.98 Å². The van der Waals surface area contributed by atoms with Crippen LogP contribution in [0.25, 0.3) is 23.1 Å². The molecule has 1 aliphatic heterocycles. The Morgan fingerprint density at radius 3 is 2.96 bits per heavy atom. The van der Waals surface area contributed by atoms with Crippen LogP contribution in [-0.4, -0.2) is 29.0 Å². The molecule has 5 heteroatoms. The fraction of sp³-hybridized carbons (Fsp3) is 0.435. The molecule has 1 aromatic heterocycles. The largest absolute Gasteiger partial charge is 0.379 e. The van der Waals surface area contributed by atoms with Crippen LogP contribution >= 0.6 is 0 Å². The molecule has 1 aromatic carbocycles. The number of rotatable bonds is 5. The molecule has 4 rings (SSSR count). The number of allylic oxidation sites excluding steroid dienone is 1. The van der Waals surface area contributed by atoms with Crippen LogP contribution in [0.5, 0.6) is 0 Å². The molecule has 2 heterocycles. The van der Waals surface area contributed by atoms with E-state index in [1.54, 1.807) is 17.1 Å². The van der Waals surface area contributed by atoms with E-state index in [0.29, 0.717) is 6.61 Å². The van der Waals surface area contributed by atoms with E-state index >= 15 is 0 Å². The molecular formula is C23H27N3O2. The predicted molar refractivity (Wildman–Crippen MR) is 114 cm³/mol. The number of hydrogen-bond donors (Lipinski definition) is 0. The van der Waals surface area contributed by atoms with Gasteiger partial charge in [-0.3, -0.25) is 14.4 Å². The van der Waals surface area contributed by atoms with Crippen molar-refractivity contribution in [1.82, 2.24) is 9.55 Å². The van der Waals surface area contributed by atoms with Gasteiger partial charge in [0.25, 0.3) is 5.56 Å². The minimum Gasteiger partial charge on any atom is -0.379 e. The fourth-order valence-electron chi connectivity index (χ4n) is 4.13. The summed E-state index contributed by atoms with van der Waals surface area (Å²) in [6.45, 7) is 3.33. The van der Waals surface area contributed by atoms with Crippen molar-refractivity contribution in [3.05, 3.63) is 51.0 Å². The summed E-state index contributed by atoms with van der Waals surface area (Å²) in [6, 6.07) is 2.14. The van der Waals surface area contributed by atoms with Gasteiger partial charge >= 0.3 is 0 Å². The summed E-state index contributed by atoms with van der Waals surface area (Å²) in [5, 5.41) is 3.08. The van der Waals surface area contributed by atoms with Crippen molar-refractivity contribution in [2.45, 2.75) is 51.5 Å². The third-order valence-electron chi connectivity index (χ3n) is 5.52. The van der Waals surface area contributed by atoms with E-state index in [2.05, 4.69) is 23.2 Å². The number of benzene rings is 1. The second-order valence-electron chi connectivity index (χ2n) is 7.43. The van der Waals surface area contributed by atoms with E-state index in [0.717, 1.165) is 61.3 Å². The molecule has 1 saturated heterocycles. The van der Waals surface area contributed by atoms with Crippen LogP contribution in [0.4, 0.5) is 0 Å². The Balaban J connectivity index is 1.81. The van der Waals surface area contributed by atoms with Crippen LogP contribution < -0.4 is 16.0 Å². The first-order valence-corrected chi connectivity index (χ1v) is 10.2. The Bertz CT molecular complexity index is 1090. The van der Waals surface area contributed by atoms with E-state index in [1.807, 2.05) is 19.2 Å². The third kappa shape index (κ3) is 3.72. The molecule has 0 saturated carbocycles. The lowest BCUT2D eigenvalue weighted by molar-refractivity contribution is 0.0578. The quantitative estimate of drug-likeness (QED) is 0.753. The fourth-order valence-corrected chi connectivity index (χ4v) is 4.13. The lowest BCUT2D eigenvalue weighted by Gasteiger charge is -2.24. The van der Waals surface area contributed by atoms with Crippen LogP contribution in [0, 0.1) is 0 Å². The number of aromatic nitrogens is 2. The molecule has 1 atom stereocenters. The standard InChI is InChI=1S/C23H27N3O2/c1-2-11-24-12-5-7-17-14-21-22(20-10-4-3-9-19(17)20)25-16-26(23(21)27)18-8-6-13-28-15-18/h2,9-12,14,16,18H,3-8,13,15H2,1H3/b11-2-,24-12?/t18-/m1/s1. The molecule has 1 fully saturated rings. The first-order chi connectivity index (χ1) is 13.8. The number of aryl methyl sites for hydroxylation is 1. The Hall–Kier alpha value is -2.53. The van der Waals surface area contributed by atoms with Crippen LogP contribution in [0.3, 0.4) is 0 Å². The average Bonchev–Trinajstić information content (AvgIpc) is 2.75. The van der Waals surface area contributed by atoms with Crippen molar-refractivity contribution < 1.29 is 4.74 Å². The van der Waals surface area contributed by atoms with Crippen LogP contribution in [0.1, 0.15) is 50.6 Å².